The van der Waals surface area contributed by atoms with Crippen LogP contribution in [0.4, 0.5) is 0 Å². The largest absolute Gasteiger partial charge is 0.324 e. The molecule has 2 N–H and O–H groups in total. The summed E-state index contributed by atoms with van der Waals surface area (Å²) in [6, 6.07) is 8.44. The van der Waals surface area contributed by atoms with E-state index in [-0.39, 0.29) is 18.4 Å². The summed E-state index contributed by atoms with van der Waals surface area (Å²) in [5.74, 6) is 0. The van der Waals surface area contributed by atoms with Gasteiger partial charge in [-0.25, -0.2) is 0 Å². The number of nitrogens with two attached hydrogens (primary N) is 1. The Morgan fingerprint density at radius 1 is 1.24 bits per heavy atom. The van der Waals surface area contributed by atoms with Crippen LogP contribution < -0.4 is 5.73 Å². The summed E-state index contributed by atoms with van der Waals surface area (Å²) in [6.45, 7) is 4.06. The van der Waals surface area contributed by atoms with E-state index in [2.05, 4.69) is 36.3 Å². The molecule has 3 nitrogen and oxygen atoms in total. The highest BCUT2D eigenvalue weighted by Gasteiger charge is 2.07. The zero-order valence-corrected chi connectivity index (χ0v) is 11.2. The molecule has 17 heavy (non-hydrogen) atoms. The predicted molar refractivity (Wildman–Crippen MR) is 73.2 cm³/mol. The average Bonchev–Trinajstić information content (AvgIpc) is 2.59. The number of aryl methyl sites for hydroxylation is 2. The first-order valence-electron chi connectivity index (χ1n) is 5.44. The van der Waals surface area contributed by atoms with Crippen LogP contribution in [-0.4, -0.2) is 9.78 Å². The summed E-state index contributed by atoms with van der Waals surface area (Å²) in [6.07, 6.45) is 1.88. The van der Waals surface area contributed by atoms with E-state index in [0.29, 0.717) is 0 Å². The molecule has 0 unspecified atom stereocenters. The summed E-state index contributed by atoms with van der Waals surface area (Å²) >= 11 is 0. The van der Waals surface area contributed by atoms with E-state index in [1.807, 2.05) is 24.9 Å². The van der Waals surface area contributed by atoms with Crippen LogP contribution in [0.2, 0.25) is 0 Å². The van der Waals surface area contributed by atoms with Crippen LogP contribution in [0, 0.1) is 6.92 Å². The van der Waals surface area contributed by atoms with Gasteiger partial charge in [0.15, 0.2) is 0 Å². The van der Waals surface area contributed by atoms with Crippen LogP contribution in [0.25, 0.3) is 11.3 Å². The maximum atomic E-state index is 5.82. The second-order valence-electron chi connectivity index (χ2n) is 4.21. The maximum absolute atomic E-state index is 5.82. The van der Waals surface area contributed by atoms with E-state index >= 15 is 0 Å². The fraction of sp³-hybridized carbons (Fsp3) is 0.308. The molecule has 4 heteroatoms. The Labute approximate surface area is 108 Å². The maximum Gasteiger partial charge on any atom is 0.0708 e. The molecule has 1 aromatic heterocycles. The Morgan fingerprint density at radius 3 is 2.24 bits per heavy atom. The second kappa shape index (κ2) is 5.34. The van der Waals surface area contributed by atoms with Gasteiger partial charge in [-0.05, 0) is 25.0 Å². The lowest BCUT2D eigenvalue weighted by molar-refractivity contribution is 0.775. The van der Waals surface area contributed by atoms with Crippen LogP contribution in [0.3, 0.4) is 0 Å². The summed E-state index contributed by atoms with van der Waals surface area (Å²) in [5.41, 5.74) is 10.5. The molecular weight excluding hydrogens is 234 g/mol. The minimum absolute atomic E-state index is 0. The Morgan fingerprint density at radius 2 is 1.82 bits per heavy atom. The van der Waals surface area contributed by atoms with Crippen molar-refractivity contribution in [1.29, 1.82) is 0 Å². The van der Waals surface area contributed by atoms with Gasteiger partial charge in [0.05, 0.1) is 11.9 Å². The SMILES string of the molecule is Cc1cnn(C)c1-c1ccc([C@H](C)N)cc1.Cl. The average molecular weight is 252 g/mol. The first kappa shape index (κ1) is 13.7. The van der Waals surface area contributed by atoms with Crippen LogP contribution in [0.5, 0.6) is 0 Å². The van der Waals surface area contributed by atoms with Crippen molar-refractivity contribution in [2.45, 2.75) is 19.9 Å². The number of halogens is 1. The van der Waals surface area contributed by atoms with Crippen molar-refractivity contribution >= 4 is 12.4 Å². The summed E-state index contributed by atoms with van der Waals surface area (Å²) in [5, 5.41) is 4.24. The fourth-order valence-electron chi connectivity index (χ4n) is 1.91. The van der Waals surface area contributed by atoms with Gasteiger partial charge >= 0.3 is 0 Å². The van der Waals surface area contributed by atoms with E-state index in [1.165, 1.54) is 11.1 Å². The highest BCUT2D eigenvalue weighted by molar-refractivity contribution is 5.85. The third-order valence-electron chi connectivity index (χ3n) is 2.83. The molecule has 1 aromatic carbocycles. The number of benzene rings is 1. The number of rotatable bonds is 2. The van der Waals surface area contributed by atoms with Crippen LogP contribution in [0.1, 0.15) is 24.1 Å². The molecular formula is C13H18ClN3. The van der Waals surface area contributed by atoms with E-state index in [4.69, 9.17) is 5.73 Å². The van der Waals surface area contributed by atoms with Gasteiger partial charge in [-0.3, -0.25) is 4.68 Å². The quantitative estimate of drug-likeness (QED) is 0.892. The van der Waals surface area contributed by atoms with Crippen molar-refractivity contribution in [3.63, 3.8) is 0 Å². The van der Waals surface area contributed by atoms with Gasteiger partial charge in [0.25, 0.3) is 0 Å². The van der Waals surface area contributed by atoms with Gasteiger partial charge in [-0.15, -0.1) is 12.4 Å². The molecule has 0 radical (unpaired) electrons. The molecule has 0 aliphatic heterocycles. The van der Waals surface area contributed by atoms with E-state index in [1.54, 1.807) is 0 Å². The molecule has 92 valence electrons. The number of aromatic nitrogens is 2. The Kier molecular flexibility index (Phi) is 4.32. The first-order chi connectivity index (χ1) is 7.59. The lowest BCUT2D eigenvalue weighted by atomic mass is 10.0. The molecule has 0 amide bonds. The highest BCUT2D eigenvalue weighted by Crippen LogP contribution is 2.23. The molecule has 2 rings (SSSR count). The Hall–Kier alpha value is -1.32. The molecule has 1 heterocycles. The second-order valence-corrected chi connectivity index (χ2v) is 4.21. The van der Waals surface area contributed by atoms with Crippen molar-refractivity contribution in [2.75, 3.05) is 0 Å². The van der Waals surface area contributed by atoms with Gasteiger partial charge in [-0.2, -0.15) is 5.10 Å². The minimum atomic E-state index is 0. The van der Waals surface area contributed by atoms with E-state index in [9.17, 15) is 0 Å². The molecule has 0 aliphatic carbocycles. The van der Waals surface area contributed by atoms with Crippen molar-refractivity contribution in [3.05, 3.63) is 41.6 Å². The molecule has 0 saturated carbocycles. The third-order valence-corrected chi connectivity index (χ3v) is 2.83. The number of nitrogens with zero attached hydrogens (tertiary/aromatic N) is 2. The van der Waals surface area contributed by atoms with Crippen LogP contribution in [0.15, 0.2) is 30.5 Å². The lowest BCUT2D eigenvalue weighted by Gasteiger charge is -2.08. The Balaban J connectivity index is 0.00000144. The third kappa shape index (κ3) is 2.68. The summed E-state index contributed by atoms with van der Waals surface area (Å²) < 4.78 is 1.90. The zero-order chi connectivity index (χ0) is 11.7. The van der Waals surface area contributed by atoms with Crippen molar-refractivity contribution < 1.29 is 0 Å². The number of hydrogen-bond acceptors (Lipinski definition) is 2. The molecule has 0 bridgehead atoms. The van der Waals surface area contributed by atoms with Gasteiger partial charge < -0.3 is 5.73 Å². The predicted octanol–water partition coefficient (Wildman–Crippen LogP) is 2.84. The van der Waals surface area contributed by atoms with Gasteiger partial charge in [0.2, 0.25) is 0 Å². The number of hydrogen-bond donors (Lipinski definition) is 1. The van der Waals surface area contributed by atoms with Gasteiger partial charge in [0.1, 0.15) is 0 Å². The monoisotopic (exact) mass is 251 g/mol. The Bertz CT molecular complexity index is 466. The summed E-state index contributed by atoms with van der Waals surface area (Å²) in [7, 11) is 1.96. The van der Waals surface area contributed by atoms with Gasteiger partial charge in [-0.1, -0.05) is 24.3 Å². The van der Waals surface area contributed by atoms with Crippen molar-refractivity contribution in [1.82, 2.24) is 9.78 Å². The molecule has 0 fully saturated rings. The summed E-state index contributed by atoms with van der Waals surface area (Å²) in [4.78, 5) is 0. The molecule has 0 saturated heterocycles. The highest BCUT2D eigenvalue weighted by atomic mass is 35.5. The topological polar surface area (TPSA) is 43.8 Å². The van der Waals surface area contributed by atoms with E-state index in [0.717, 1.165) is 11.3 Å². The minimum Gasteiger partial charge on any atom is -0.324 e. The normalized spacial score (nSPS) is 12.0. The van der Waals surface area contributed by atoms with Crippen LogP contribution in [-0.2, 0) is 7.05 Å². The molecule has 2 aromatic rings. The van der Waals surface area contributed by atoms with Crippen molar-refractivity contribution in [3.8, 4) is 11.3 Å². The zero-order valence-electron chi connectivity index (χ0n) is 10.3. The molecule has 0 aliphatic rings. The van der Waals surface area contributed by atoms with E-state index < -0.39 is 0 Å². The smallest absolute Gasteiger partial charge is 0.0708 e. The van der Waals surface area contributed by atoms with Crippen molar-refractivity contribution in [2.24, 2.45) is 12.8 Å². The van der Waals surface area contributed by atoms with Crippen LogP contribution >= 0.6 is 12.4 Å². The first-order valence-corrected chi connectivity index (χ1v) is 5.44. The molecule has 1 atom stereocenters. The fourth-order valence-corrected chi connectivity index (χ4v) is 1.91. The standard InChI is InChI=1S/C13H17N3.ClH/c1-9-8-15-16(3)13(9)12-6-4-11(5-7-12)10(2)14;/h4-8,10H,14H2,1-3H3;1H/t10-;/m0./s1. The molecule has 0 spiro atoms. The van der Waals surface area contributed by atoms with Gasteiger partial charge in [0, 0.05) is 18.7 Å². The lowest BCUT2D eigenvalue weighted by Crippen LogP contribution is -2.04.